The molecule has 0 radical (unpaired) electrons. The van der Waals surface area contributed by atoms with Gasteiger partial charge in [0.2, 0.25) is 5.95 Å². The van der Waals surface area contributed by atoms with Crippen molar-refractivity contribution in [2.45, 2.75) is 13.8 Å². The first-order valence-corrected chi connectivity index (χ1v) is 5.28. The molecule has 0 saturated heterocycles. The summed E-state index contributed by atoms with van der Waals surface area (Å²) in [4.78, 5) is 10.4. The minimum atomic E-state index is 0.429. The standard InChI is InChI=1S/C10H19N5O/c1-4-16-6-5-15(3)9-7-8(2)12-10(13-9)14-11/h7H,4-6,11H2,1-3H3,(H,12,13,14). The largest absolute Gasteiger partial charge is 0.380 e. The number of rotatable bonds is 6. The van der Waals surface area contributed by atoms with E-state index in [1.165, 1.54) is 0 Å². The normalized spacial score (nSPS) is 10.2. The van der Waals surface area contributed by atoms with Crippen LogP contribution in [0.15, 0.2) is 6.07 Å². The number of ether oxygens (including phenoxy) is 1. The van der Waals surface area contributed by atoms with Gasteiger partial charge in [0.1, 0.15) is 5.82 Å². The number of nitrogen functional groups attached to an aromatic ring is 1. The van der Waals surface area contributed by atoms with Crippen molar-refractivity contribution in [3.8, 4) is 0 Å². The zero-order valence-corrected chi connectivity index (χ0v) is 10.0. The third kappa shape index (κ3) is 3.63. The minimum absolute atomic E-state index is 0.429. The summed E-state index contributed by atoms with van der Waals surface area (Å²) in [7, 11) is 1.96. The van der Waals surface area contributed by atoms with E-state index in [1.54, 1.807) is 0 Å². The van der Waals surface area contributed by atoms with E-state index in [0.717, 1.165) is 24.7 Å². The lowest BCUT2D eigenvalue weighted by Gasteiger charge is -2.18. The molecule has 0 aliphatic heterocycles. The van der Waals surface area contributed by atoms with Gasteiger partial charge in [-0.1, -0.05) is 0 Å². The Labute approximate surface area is 95.8 Å². The van der Waals surface area contributed by atoms with Crippen molar-refractivity contribution >= 4 is 11.8 Å². The summed E-state index contributed by atoms with van der Waals surface area (Å²) < 4.78 is 5.29. The summed E-state index contributed by atoms with van der Waals surface area (Å²) >= 11 is 0. The van der Waals surface area contributed by atoms with Crippen LogP contribution in [-0.2, 0) is 4.74 Å². The predicted octanol–water partition coefficient (Wildman–Crippen LogP) is 0.543. The quantitative estimate of drug-likeness (QED) is 0.418. The lowest BCUT2D eigenvalue weighted by molar-refractivity contribution is 0.154. The van der Waals surface area contributed by atoms with Gasteiger partial charge >= 0.3 is 0 Å². The Hall–Kier alpha value is -1.40. The number of aromatic nitrogens is 2. The Kier molecular flexibility index (Phi) is 4.94. The van der Waals surface area contributed by atoms with Crippen molar-refractivity contribution in [1.82, 2.24) is 9.97 Å². The van der Waals surface area contributed by atoms with Crippen molar-refractivity contribution in [3.05, 3.63) is 11.8 Å². The molecule has 1 aromatic rings. The monoisotopic (exact) mass is 225 g/mol. The topological polar surface area (TPSA) is 76.3 Å². The zero-order chi connectivity index (χ0) is 12.0. The van der Waals surface area contributed by atoms with Crippen molar-refractivity contribution in [1.29, 1.82) is 0 Å². The average molecular weight is 225 g/mol. The van der Waals surface area contributed by atoms with E-state index in [9.17, 15) is 0 Å². The predicted molar refractivity (Wildman–Crippen MR) is 64.3 cm³/mol. The molecular formula is C10H19N5O. The highest BCUT2D eigenvalue weighted by Gasteiger charge is 2.05. The molecule has 6 heteroatoms. The van der Waals surface area contributed by atoms with Gasteiger partial charge in [-0.05, 0) is 13.8 Å². The van der Waals surface area contributed by atoms with Gasteiger partial charge in [-0.25, -0.2) is 10.8 Å². The maximum atomic E-state index is 5.29. The summed E-state index contributed by atoms with van der Waals surface area (Å²) in [6.07, 6.45) is 0. The van der Waals surface area contributed by atoms with Gasteiger partial charge in [0, 0.05) is 32.0 Å². The molecule has 0 amide bonds. The average Bonchev–Trinajstić information content (AvgIpc) is 2.28. The maximum Gasteiger partial charge on any atom is 0.239 e. The fourth-order valence-corrected chi connectivity index (χ4v) is 1.27. The van der Waals surface area contributed by atoms with Crippen LogP contribution >= 0.6 is 0 Å². The van der Waals surface area contributed by atoms with Crippen LogP contribution in [-0.4, -0.2) is 36.8 Å². The zero-order valence-electron chi connectivity index (χ0n) is 10.0. The van der Waals surface area contributed by atoms with Crippen molar-refractivity contribution in [3.63, 3.8) is 0 Å². The summed E-state index contributed by atoms with van der Waals surface area (Å²) in [6, 6.07) is 1.91. The molecule has 0 fully saturated rings. The Morgan fingerprint density at radius 3 is 2.88 bits per heavy atom. The fraction of sp³-hybridized carbons (Fsp3) is 0.600. The van der Waals surface area contributed by atoms with E-state index in [0.29, 0.717) is 12.6 Å². The summed E-state index contributed by atoms with van der Waals surface area (Å²) in [5, 5.41) is 0. The molecule has 0 unspecified atom stereocenters. The number of nitrogens with two attached hydrogens (primary N) is 1. The molecule has 6 nitrogen and oxygen atoms in total. The van der Waals surface area contributed by atoms with Gasteiger partial charge < -0.3 is 9.64 Å². The third-order valence-electron chi connectivity index (χ3n) is 2.14. The molecule has 0 aliphatic carbocycles. The van der Waals surface area contributed by atoms with Crippen molar-refractivity contribution in [2.75, 3.05) is 37.1 Å². The number of hydrogen-bond acceptors (Lipinski definition) is 6. The molecule has 1 aromatic heterocycles. The first kappa shape index (κ1) is 12.7. The molecule has 0 saturated carbocycles. The number of aryl methyl sites for hydroxylation is 1. The molecule has 3 N–H and O–H groups in total. The number of hydrogen-bond donors (Lipinski definition) is 2. The van der Waals surface area contributed by atoms with Crippen LogP contribution in [0.2, 0.25) is 0 Å². The third-order valence-corrected chi connectivity index (χ3v) is 2.14. The molecule has 0 spiro atoms. The lowest BCUT2D eigenvalue weighted by atomic mass is 10.4. The van der Waals surface area contributed by atoms with Gasteiger partial charge in [-0.15, -0.1) is 0 Å². The van der Waals surface area contributed by atoms with Crippen LogP contribution in [0.4, 0.5) is 11.8 Å². The van der Waals surface area contributed by atoms with Crippen LogP contribution in [0, 0.1) is 6.92 Å². The van der Waals surface area contributed by atoms with E-state index >= 15 is 0 Å². The van der Waals surface area contributed by atoms with E-state index in [-0.39, 0.29) is 0 Å². The Bertz CT molecular complexity index is 331. The Morgan fingerprint density at radius 2 is 2.25 bits per heavy atom. The highest BCUT2D eigenvalue weighted by atomic mass is 16.5. The van der Waals surface area contributed by atoms with Gasteiger partial charge in [0.15, 0.2) is 0 Å². The number of anilines is 2. The first-order valence-electron chi connectivity index (χ1n) is 5.28. The fourth-order valence-electron chi connectivity index (χ4n) is 1.27. The smallest absolute Gasteiger partial charge is 0.239 e. The highest BCUT2D eigenvalue weighted by molar-refractivity contribution is 5.43. The maximum absolute atomic E-state index is 5.29. The minimum Gasteiger partial charge on any atom is -0.380 e. The van der Waals surface area contributed by atoms with Crippen LogP contribution in [0.5, 0.6) is 0 Å². The highest BCUT2D eigenvalue weighted by Crippen LogP contribution is 2.12. The Morgan fingerprint density at radius 1 is 1.50 bits per heavy atom. The van der Waals surface area contributed by atoms with Gasteiger partial charge in [-0.2, -0.15) is 4.98 Å². The van der Waals surface area contributed by atoms with E-state index in [2.05, 4.69) is 15.4 Å². The lowest BCUT2D eigenvalue weighted by Crippen LogP contribution is -2.24. The van der Waals surface area contributed by atoms with E-state index < -0.39 is 0 Å². The summed E-state index contributed by atoms with van der Waals surface area (Å²) in [5.41, 5.74) is 3.33. The summed E-state index contributed by atoms with van der Waals surface area (Å²) in [5.74, 6) is 6.55. The van der Waals surface area contributed by atoms with E-state index in [1.807, 2.05) is 31.9 Å². The van der Waals surface area contributed by atoms with Gasteiger partial charge in [0.25, 0.3) is 0 Å². The van der Waals surface area contributed by atoms with Crippen LogP contribution in [0.1, 0.15) is 12.6 Å². The molecule has 16 heavy (non-hydrogen) atoms. The molecule has 1 heterocycles. The number of likely N-dealkylation sites (N-methyl/N-ethyl adjacent to an activating group) is 1. The summed E-state index contributed by atoms with van der Waals surface area (Å²) in [6.45, 7) is 6.08. The number of nitrogens with one attached hydrogen (secondary N) is 1. The second-order valence-electron chi connectivity index (χ2n) is 3.45. The molecule has 0 atom stereocenters. The Balaban J connectivity index is 2.66. The molecule has 0 aliphatic rings. The van der Waals surface area contributed by atoms with E-state index in [4.69, 9.17) is 10.6 Å². The van der Waals surface area contributed by atoms with Crippen LogP contribution in [0.25, 0.3) is 0 Å². The molecule has 1 rings (SSSR count). The van der Waals surface area contributed by atoms with Crippen molar-refractivity contribution in [2.24, 2.45) is 5.84 Å². The van der Waals surface area contributed by atoms with Crippen LogP contribution in [0.3, 0.4) is 0 Å². The number of nitrogens with zero attached hydrogens (tertiary/aromatic N) is 3. The molecule has 0 aromatic carbocycles. The molecule has 0 bridgehead atoms. The second kappa shape index (κ2) is 6.24. The van der Waals surface area contributed by atoms with Gasteiger partial charge in [0.05, 0.1) is 6.61 Å². The first-order chi connectivity index (χ1) is 7.67. The van der Waals surface area contributed by atoms with Gasteiger partial charge in [-0.3, -0.25) is 5.43 Å². The molecular weight excluding hydrogens is 206 g/mol. The molecule has 90 valence electrons. The van der Waals surface area contributed by atoms with Crippen molar-refractivity contribution < 1.29 is 4.74 Å². The van der Waals surface area contributed by atoms with Crippen LogP contribution < -0.4 is 16.2 Å². The number of hydrazine groups is 1. The second-order valence-corrected chi connectivity index (χ2v) is 3.45. The SMILES string of the molecule is CCOCCN(C)c1cc(C)nc(NN)n1.